The highest BCUT2D eigenvalue weighted by molar-refractivity contribution is 7.91. The minimum atomic E-state index is -3.76. The topological polar surface area (TPSA) is 98.8 Å². The van der Waals surface area contributed by atoms with Crippen LogP contribution in [0, 0.1) is 12.7 Å². The summed E-state index contributed by atoms with van der Waals surface area (Å²) in [6.45, 7) is 1.28. The molecule has 0 aromatic heterocycles. The van der Waals surface area contributed by atoms with Crippen LogP contribution in [0.2, 0.25) is 0 Å². The zero-order chi connectivity index (χ0) is 20.7. The number of hydrogen-bond donors (Lipinski definition) is 1. The molecule has 0 aliphatic carbocycles. The van der Waals surface area contributed by atoms with Gasteiger partial charge >= 0.3 is 5.97 Å². The third-order valence-corrected chi connectivity index (χ3v) is 5.47. The molecule has 1 amide bonds. The minimum Gasteiger partial charge on any atom is -0.495 e. The van der Waals surface area contributed by atoms with Crippen LogP contribution in [-0.4, -0.2) is 39.8 Å². The number of anilines is 1. The van der Waals surface area contributed by atoms with Crippen molar-refractivity contribution in [2.75, 3.05) is 24.8 Å². The third-order valence-electron chi connectivity index (χ3n) is 3.74. The average Bonchev–Trinajstić information content (AvgIpc) is 2.65. The Balaban J connectivity index is 1.84. The molecule has 0 atom stereocenters. The van der Waals surface area contributed by atoms with Gasteiger partial charge in [-0.05, 0) is 48.9 Å². The molecule has 28 heavy (non-hydrogen) atoms. The largest absolute Gasteiger partial charge is 0.495 e. The summed E-state index contributed by atoms with van der Waals surface area (Å²) in [6, 6.07) is 9.50. The van der Waals surface area contributed by atoms with Crippen LogP contribution < -0.4 is 10.1 Å². The molecule has 0 heterocycles. The summed E-state index contributed by atoms with van der Waals surface area (Å²) in [5.41, 5.74) is 1.33. The number of carbonyl (C=O) groups excluding carboxylic acids is 2. The highest BCUT2D eigenvalue weighted by Gasteiger charge is 2.18. The van der Waals surface area contributed by atoms with Crippen molar-refractivity contribution in [1.82, 2.24) is 0 Å². The molecule has 0 radical (unpaired) electrons. The van der Waals surface area contributed by atoms with Gasteiger partial charge in [-0.2, -0.15) is 0 Å². The van der Waals surface area contributed by atoms with Crippen LogP contribution in [0.1, 0.15) is 12.0 Å². The summed E-state index contributed by atoms with van der Waals surface area (Å²) in [5, 5.41) is 2.57. The summed E-state index contributed by atoms with van der Waals surface area (Å²) in [7, 11) is -2.30. The van der Waals surface area contributed by atoms with Gasteiger partial charge in [-0.1, -0.05) is 6.07 Å². The Hall–Kier alpha value is -2.94. The smallest absolute Gasteiger partial charge is 0.307 e. The Morgan fingerprint density at radius 3 is 2.43 bits per heavy atom. The fourth-order valence-corrected chi connectivity index (χ4v) is 3.52. The monoisotopic (exact) mass is 409 g/mol. The number of aryl methyl sites for hydroxylation is 1. The molecular formula is C19H20FNO6S. The molecular weight excluding hydrogens is 389 g/mol. The Labute approximate surface area is 162 Å². The van der Waals surface area contributed by atoms with Gasteiger partial charge in [0.2, 0.25) is 0 Å². The number of esters is 1. The van der Waals surface area contributed by atoms with Gasteiger partial charge in [0.1, 0.15) is 11.6 Å². The maximum absolute atomic E-state index is 12.9. The zero-order valence-corrected chi connectivity index (χ0v) is 16.2. The average molecular weight is 409 g/mol. The maximum Gasteiger partial charge on any atom is 0.307 e. The minimum absolute atomic E-state index is 0.0917. The number of methoxy groups -OCH3 is 1. The Morgan fingerprint density at radius 2 is 1.79 bits per heavy atom. The molecule has 2 aromatic rings. The van der Waals surface area contributed by atoms with E-state index in [1.165, 1.54) is 7.11 Å². The molecule has 1 N–H and O–H groups in total. The molecule has 2 rings (SSSR count). The number of ether oxygens (including phenoxy) is 2. The van der Waals surface area contributed by atoms with E-state index in [9.17, 15) is 22.4 Å². The fourth-order valence-electron chi connectivity index (χ4n) is 2.30. The van der Waals surface area contributed by atoms with Gasteiger partial charge < -0.3 is 14.8 Å². The van der Waals surface area contributed by atoms with E-state index in [2.05, 4.69) is 5.32 Å². The highest BCUT2D eigenvalue weighted by Crippen LogP contribution is 2.25. The van der Waals surface area contributed by atoms with E-state index < -0.39 is 46.3 Å². The van der Waals surface area contributed by atoms with Gasteiger partial charge in [-0.15, -0.1) is 0 Å². The van der Waals surface area contributed by atoms with Gasteiger partial charge in [0, 0.05) is 0 Å². The quantitative estimate of drug-likeness (QED) is 0.531. The van der Waals surface area contributed by atoms with Crippen LogP contribution in [0.15, 0.2) is 47.4 Å². The van der Waals surface area contributed by atoms with Crippen molar-refractivity contribution < 1.29 is 31.9 Å². The van der Waals surface area contributed by atoms with E-state index >= 15 is 0 Å². The maximum atomic E-state index is 12.9. The normalized spacial score (nSPS) is 11.0. The van der Waals surface area contributed by atoms with Crippen molar-refractivity contribution in [3.8, 4) is 5.75 Å². The van der Waals surface area contributed by atoms with E-state index in [0.29, 0.717) is 11.4 Å². The molecule has 0 spiro atoms. The van der Waals surface area contributed by atoms with Crippen LogP contribution in [0.4, 0.5) is 10.1 Å². The first kappa shape index (κ1) is 21.4. The number of benzene rings is 2. The second kappa shape index (κ2) is 9.32. The van der Waals surface area contributed by atoms with Crippen molar-refractivity contribution in [2.24, 2.45) is 0 Å². The number of carbonyl (C=O) groups is 2. The first-order valence-corrected chi connectivity index (χ1v) is 9.95. The van der Waals surface area contributed by atoms with Crippen LogP contribution in [0.25, 0.3) is 0 Å². The standard InChI is InChI=1S/C19H20FNO6S/c1-13-3-8-17(26-2)16(11-13)21-18(22)12-27-19(23)9-10-28(24,25)15-6-4-14(20)5-7-15/h3-8,11H,9-10,12H2,1-2H3,(H,21,22). The number of sulfone groups is 1. The van der Waals surface area contributed by atoms with Gasteiger partial charge in [-0.25, -0.2) is 12.8 Å². The third kappa shape index (κ3) is 6.05. The lowest BCUT2D eigenvalue weighted by Gasteiger charge is -2.11. The predicted molar refractivity (Wildman–Crippen MR) is 100 cm³/mol. The summed E-state index contributed by atoms with van der Waals surface area (Å²) in [5.74, 6) is -2.04. The van der Waals surface area contributed by atoms with E-state index in [0.717, 1.165) is 29.8 Å². The molecule has 9 heteroatoms. The summed E-state index contributed by atoms with van der Waals surface area (Å²) in [4.78, 5) is 23.6. The van der Waals surface area contributed by atoms with E-state index in [1.807, 2.05) is 13.0 Å². The van der Waals surface area contributed by atoms with Gasteiger partial charge in [-0.3, -0.25) is 9.59 Å². The molecule has 150 valence electrons. The Kier molecular flexibility index (Phi) is 7.11. The lowest BCUT2D eigenvalue weighted by Crippen LogP contribution is -2.22. The summed E-state index contributed by atoms with van der Waals surface area (Å²) < 4.78 is 47.0. The molecule has 0 saturated heterocycles. The lowest BCUT2D eigenvalue weighted by molar-refractivity contribution is -0.146. The van der Waals surface area contributed by atoms with Gasteiger partial charge in [0.05, 0.1) is 29.9 Å². The van der Waals surface area contributed by atoms with Crippen molar-refractivity contribution in [1.29, 1.82) is 0 Å². The van der Waals surface area contributed by atoms with E-state index in [-0.39, 0.29) is 4.90 Å². The first-order chi connectivity index (χ1) is 13.2. The predicted octanol–water partition coefficient (Wildman–Crippen LogP) is 2.49. The molecule has 2 aromatic carbocycles. The second-order valence-electron chi connectivity index (χ2n) is 5.94. The van der Waals surface area contributed by atoms with E-state index in [1.54, 1.807) is 12.1 Å². The molecule has 0 fully saturated rings. The zero-order valence-electron chi connectivity index (χ0n) is 15.4. The molecule has 7 nitrogen and oxygen atoms in total. The SMILES string of the molecule is COc1ccc(C)cc1NC(=O)COC(=O)CCS(=O)(=O)c1ccc(F)cc1. The molecule has 0 unspecified atom stereocenters. The molecule has 0 saturated carbocycles. The Bertz CT molecular complexity index is 957. The van der Waals surface area contributed by atoms with Crippen LogP contribution in [-0.2, 0) is 24.2 Å². The van der Waals surface area contributed by atoms with Gasteiger partial charge in [0.25, 0.3) is 5.91 Å². The van der Waals surface area contributed by atoms with Crippen molar-refractivity contribution >= 4 is 27.4 Å². The molecule has 0 aliphatic heterocycles. The van der Waals surface area contributed by atoms with Crippen LogP contribution in [0.3, 0.4) is 0 Å². The number of amides is 1. The number of nitrogens with one attached hydrogen (secondary N) is 1. The van der Waals surface area contributed by atoms with Crippen molar-refractivity contribution in [2.45, 2.75) is 18.2 Å². The second-order valence-corrected chi connectivity index (χ2v) is 8.04. The van der Waals surface area contributed by atoms with Crippen LogP contribution >= 0.6 is 0 Å². The molecule has 0 aliphatic rings. The highest BCUT2D eigenvalue weighted by atomic mass is 32.2. The molecule has 0 bridgehead atoms. The summed E-state index contributed by atoms with van der Waals surface area (Å²) >= 11 is 0. The van der Waals surface area contributed by atoms with Crippen molar-refractivity contribution in [3.05, 3.63) is 53.8 Å². The number of halogens is 1. The Morgan fingerprint density at radius 1 is 1.11 bits per heavy atom. The van der Waals surface area contributed by atoms with Gasteiger partial charge in [0.15, 0.2) is 16.4 Å². The fraction of sp³-hybridized carbons (Fsp3) is 0.263. The van der Waals surface area contributed by atoms with Crippen LogP contribution in [0.5, 0.6) is 5.75 Å². The van der Waals surface area contributed by atoms with E-state index in [4.69, 9.17) is 9.47 Å². The summed E-state index contributed by atoms with van der Waals surface area (Å²) in [6.07, 6.45) is -0.430. The number of rotatable bonds is 8. The number of hydrogen-bond acceptors (Lipinski definition) is 6. The first-order valence-electron chi connectivity index (χ1n) is 8.30. The van der Waals surface area contributed by atoms with Crippen molar-refractivity contribution in [3.63, 3.8) is 0 Å². The lowest BCUT2D eigenvalue weighted by atomic mass is 10.2.